The molecule has 0 spiro atoms. The van der Waals surface area contributed by atoms with Crippen LogP contribution in [0.15, 0.2) is 84.0 Å². The average Bonchev–Trinajstić information content (AvgIpc) is 3.65. The van der Waals surface area contributed by atoms with Gasteiger partial charge in [-0.25, -0.2) is 4.98 Å². The van der Waals surface area contributed by atoms with Crippen LogP contribution in [0.3, 0.4) is 0 Å². The fourth-order valence-corrected chi connectivity index (χ4v) is 5.74. The van der Waals surface area contributed by atoms with E-state index in [1.54, 1.807) is 42.3 Å². The predicted octanol–water partition coefficient (Wildman–Crippen LogP) is 3.88. The highest BCUT2D eigenvalue weighted by Crippen LogP contribution is 2.45. The molecule has 2 N–H and O–H groups in total. The van der Waals surface area contributed by atoms with Crippen LogP contribution in [0.2, 0.25) is 0 Å². The number of benzene rings is 2. The van der Waals surface area contributed by atoms with Crippen molar-refractivity contribution in [2.45, 2.75) is 18.9 Å². The molecule has 11 nitrogen and oxygen atoms in total. The predicted molar refractivity (Wildman–Crippen MR) is 168 cm³/mol. The van der Waals surface area contributed by atoms with Crippen LogP contribution < -0.4 is 20.9 Å². The first-order valence-corrected chi connectivity index (χ1v) is 14.2. The Bertz CT molecular complexity index is 2050. The molecular formula is C34H29N7O4. The summed E-state index contributed by atoms with van der Waals surface area (Å²) in [4.78, 5) is 43.6. The van der Waals surface area contributed by atoms with E-state index >= 15 is 0 Å². The zero-order valence-electron chi connectivity index (χ0n) is 24.9. The van der Waals surface area contributed by atoms with Crippen molar-refractivity contribution in [2.24, 2.45) is 7.05 Å². The number of carbonyl (C=O) groups is 2. The Morgan fingerprint density at radius 3 is 2.60 bits per heavy atom. The first-order chi connectivity index (χ1) is 21.8. The molecule has 1 atom stereocenters. The van der Waals surface area contributed by atoms with Gasteiger partial charge >= 0.3 is 0 Å². The van der Waals surface area contributed by atoms with Gasteiger partial charge in [-0.3, -0.25) is 23.6 Å². The first-order valence-electron chi connectivity index (χ1n) is 14.2. The third-order valence-electron chi connectivity index (χ3n) is 7.89. The Morgan fingerprint density at radius 2 is 1.91 bits per heavy atom. The van der Waals surface area contributed by atoms with E-state index < -0.39 is 17.5 Å². The zero-order valence-corrected chi connectivity index (χ0v) is 24.9. The maximum Gasteiger partial charge on any atom is 0.269 e. The molecule has 45 heavy (non-hydrogen) atoms. The number of nitrogens with zero attached hydrogens (tertiary/aromatic N) is 5. The molecule has 3 heterocycles. The average molecular weight is 600 g/mol. The van der Waals surface area contributed by atoms with Crippen LogP contribution in [0.1, 0.15) is 38.9 Å². The van der Waals surface area contributed by atoms with E-state index in [1.807, 2.05) is 30.3 Å². The van der Waals surface area contributed by atoms with E-state index in [-0.39, 0.29) is 18.0 Å². The molecule has 0 saturated carbocycles. The molecule has 1 aliphatic carbocycles. The molecule has 2 aromatic carbocycles. The highest BCUT2D eigenvalue weighted by Gasteiger charge is 2.28. The van der Waals surface area contributed by atoms with E-state index in [1.165, 1.54) is 37.1 Å². The van der Waals surface area contributed by atoms with Gasteiger partial charge < -0.3 is 15.4 Å². The molecule has 0 saturated heterocycles. The van der Waals surface area contributed by atoms with Gasteiger partial charge in [-0.15, -0.1) is 0 Å². The number of aromatic nitrogens is 4. The smallest absolute Gasteiger partial charge is 0.269 e. The summed E-state index contributed by atoms with van der Waals surface area (Å²) in [7, 11) is 4.81. The molecule has 0 radical (unpaired) electrons. The lowest BCUT2D eigenvalue weighted by Gasteiger charge is -2.21. The monoisotopic (exact) mass is 599 g/mol. The van der Waals surface area contributed by atoms with Crippen LogP contribution in [-0.2, 0) is 24.7 Å². The summed E-state index contributed by atoms with van der Waals surface area (Å²) in [5.41, 5.74) is 6.95. The highest BCUT2D eigenvalue weighted by molar-refractivity contribution is 5.96. The van der Waals surface area contributed by atoms with Crippen molar-refractivity contribution >= 4 is 17.5 Å². The van der Waals surface area contributed by atoms with E-state index in [4.69, 9.17) is 4.74 Å². The van der Waals surface area contributed by atoms with Crippen LogP contribution in [0, 0.1) is 11.3 Å². The summed E-state index contributed by atoms with van der Waals surface area (Å²) in [6.45, 7) is 0. The molecule has 1 aliphatic rings. The summed E-state index contributed by atoms with van der Waals surface area (Å²) >= 11 is 0. The lowest BCUT2D eigenvalue weighted by atomic mass is 9.94. The van der Waals surface area contributed by atoms with Gasteiger partial charge in [0.15, 0.2) is 0 Å². The Hall–Kier alpha value is -6.02. The van der Waals surface area contributed by atoms with Gasteiger partial charge in [0.05, 0.1) is 42.5 Å². The highest BCUT2D eigenvalue weighted by atomic mass is 16.5. The number of aryl methyl sites for hydroxylation is 1. The van der Waals surface area contributed by atoms with Gasteiger partial charge in [-0.2, -0.15) is 10.4 Å². The SMILES string of the molecule is CNC(=O)c1ccc(NC(=O)C(Cc2ccn(C)n2)n2cc(OC)c(-c3cccc4c3-c3ccc(C#N)cc3C4)cc2=O)cn1. The third-order valence-corrected chi connectivity index (χ3v) is 7.89. The van der Waals surface area contributed by atoms with Gasteiger partial charge in [0, 0.05) is 38.3 Å². The first kappa shape index (κ1) is 29.1. The lowest BCUT2D eigenvalue weighted by Crippen LogP contribution is -2.34. The summed E-state index contributed by atoms with van der Waals surface area (Å²) in [6, 6.07) is 19.2. The molecule has 224 valence electrons. The molecule has 5 aromatic rings. The van der Waals surface area contributed by atoms with Crippen molar-refractivity contribution in [3.63, 3.8) is 0 Å². The molecular weight excluding hydrogens is 570 g/mol. The van der Waals surface area contributed by atoms with Gasteiger partial charge in [0.25, 0.3) is 11.5 Å². The van der Waals surface area contributed by atoms with Crippen molar-refractivity contribution < 1.29 is 14.3 Å². The molecule has 0 bridgehead atoms. The van der Waals surface area contributed by atoms with Gasteiger partial charge in [0.2, 0.25) is 5.91 Å². The number of nitrogens with one attached hydrogen (secondary N) is 2. The standard InChI is InChI=1S/C34H29N7O4/c1-36-33(43)28-10-8-24(18-37-28)38-34(44)29(15-23-11-12-40(2)39-23)41-19-30(45-3)27(16-31(41)42)26-6-4-5-21-14-22-13-20(17-35)7-9-25(22)32(21)26/h4-13,16,18-19,29H,14-15H2,1-3H3,(H,36,43)(H,38,44). The lowest BCUT2D eigenvalue weighted by molar-refractivity contribution is -0.119. The fourth-order valence-electron chi connectivity index (χ4n) is 5.74. The molecule has 2 amide bonds. The van der Waals surface area contributed by atoms with E-state index in [0.29, 0.717) is 34.7 Å². The minimum atomic E-state index is -0.986. The Labute approximate surface area is 258 Å². The molecule has 6 rings (SSSR count). The number of hydrogen-bond acceptors (Lipinski definition) is 7. The van der Waals surface area contributed by atoms with Crippen LogP contribution in [0.4, 0.5) is 5.69 Å². The van der Waals surface area contributed by atoms with Crippen molar-refractivity contribution in [3.05, 3.63) is 118 Å². The molecule has 1 unspecified atom stereocenters. The number of rotatable bonds is 8. The second kappa shape index (κ2) is 11.9. The largest absolute Gasteiger partial charge is 0.495 e. The number of methoxy groups -OCH3 is 1. The molecule has 3 aromatic heterocycles. The minimum absolute atomic E-state index is 0.133. The Kier molecular flexibility index (Phi) is 7.71. The maximum atomic E-state index is 13.9. The van der Waals surface area contributed by atoms with Crippen molar-refractivity contribution in [2.75, 3.05) is 19.5 Å². The summed E-state index contributed by atoms with van der Waals surface area (Å²) in [5, 5.41) is 19.2. The Morgan fingerprint density at radius 1 is 1.07 bits per heavy atom. The van der Waals surface area contributed by atoms with Gasteiger partial charge in [0.1, 0.15) is 17.5 Å². The maximum absolute atomic E-state index is 13.9. The number of pyridine rings is 2. The topological polar surface area (TPSA) is 144 Å². The number of amides is 2. The summed E-state index contributed by atoms with van der Waals surface area (Å²) < 4.78 is 8.81. The van der Waals surface area contributed by atoms with E-state index in [9.17, 15) is 19.6 Å². The number of carbonyl (C=O) groups excluding carboxylic acids is 2. The van der Waals surface area contributed by atoms with Crippen molar-refractivity contribution in [1.82, 2.24) is 24.6 Å². The van der Waals surface area contributed by atoms with Gasteiger partial charge in [-0.1, -0.05) is 24.3 Å². The molecule has 11 heteroatoms. The normalized spacial score (nSPS) is 12.0. The van der Waals surface area contributed by atoms with Crippen LogP contribution in [0.5, 0.6) is 5.75 Å². The number of nitriles is 1. The fraction of sp³-hybridized carbons (Fsp3) is 0.176. The second-order valence-electron chi connectivity index (χ2n) is 10.7. The van der Waals surface area contributed by atoms with Crippen LogP contribution in [0.25, 0.3) is 22.3 Å². The quantitative estimate of drug-likeness (QED) is 0.270. The Balaban J connectivity index is 1.40. The number of hydrogen-bond donors (Lipinski definition) is 2. The van der Waals surface area contributed by atoms with Gasteiger partial charge in [-0.05, 0) is 64.6 Å². The summed E-state index contributed by atoms with van der Waals surface area (Å²) in [5.74, 6) is -0.394. The number of anilines is 1. The molecule has 0 fully saturated rings. The van der Waals surface area contributed by atoms with E-state index in [2.05, 4.69) is 26.8 Å². The van der Waals surface area contributed by atoms with E-state index in [0.717, 1.165) is 27.8 Å². The van der Waals surface area contributed by atoms with Crippen LogP contribution in [-0.4, -0.2) is 45.3 Å². The van der Waals surface area contributed by atoms with Crippen molar-refractivity contribution in [3.8, 4) is 34.1 Å². The number of fused-ring (bicyclic) bond motifs is 3. The van der Waals surface area contributed by atoms with Crippen LogP contribution >= 0.6 is 0 Å². The zero-order chi connectivity index (χ0) is 31.7. The van der Waals surface area contributed by atoms with Crippen molar-refractivity contribution in [1.29, 1.82) is 5.26 Å². The second-order valence-corrected chi connectivity index (χ2v) is 10.7. The third kappa shape index (κ3) is 5.57. The summed E-state index contributed by atoms with van der Waals surface area (Å²) in [6.07, 6.45) is 5.53. The molecule has 0 aliphatic heterocycles. The number of ether oxygens (including phenoxy) is 1. The minimum Gasteiger partial charge on any atom is -0.495 e.